The minimum Gasteiger partial charge on any atom is -0.232 e. The zero-order chi connectivity index (χ0) is 14.0. The molecule has 6 heteroatoms. The summed E-state index contributed by atoms with van der Waals surface area (Å²) in [6.07, 6.45) is 1.75. The molecule has 2 aromatic rings. The van der Waals surface area contributed by atoms with Crippen LogP contribution in [0, 0.1) is 5.82 Å². The summed E-state index contributed by atoms with van der Waals surface area (Å²) < 4.78 is 14.4. The first-order chi connectivity index (χ1) is 9.02. The number of rotatable bonds is 3. The van der Waals surface area contributed by atoms with E-state index in [2.05, 4.69) is 48.8 Å². The van der Waals surface area contributed by atoms with E-state index in [4.69, 9.17) is 11.6 Å². The summed E-state index contributed by atoms with van der Waals surface area (Å²) in [7, 11) is 0. The molecule has 0 aliphatic rings. The first-order valence-electron chi connectivity index (χ1n) is 5.70. The molecular formula is C13H10Br2ClFN2. The third-order valence-corrected chi connectivity index (χ3v) is 4.53. The van der Waals surface area contributed by atoms with E-state index in [-0.39, 0.29) is 5.82 Å². The fraction of sp³-hybridized carbons (Fsp3) is 0.231. The lowest BCUT2D eigenvalue weighted by Gasteiger charge is -2.09. The molecule has 0 atom stereocenters. The van der Waals surface area contributed by atoms with Gasteiger partial charge in [0.1, 0.15) is 11.0 Å². The number of aryl methyl sites for hydroxylation is 1. The SMILES string of the molecule is CCCc1nc(-c2ccc(F)cc2Br)nc(Cl)c1Br. The van der Waals surface area contributed by atoms with Crippen molar-refractivity contribution in [1.29, 1.82) is 0 Å². The summed E-state index contributed by atoms with van der Waals surface area (Å²) >= 11 is 12.8. The summed E-state index contributed by atoms with van der Waals surface area (Å²) in [5.74, 6) is 0.177. The van der Waals surface area contributed by atoms with Gasteiger partial charge in [0.15, 0.2) is 5.82 Å². The summed E-state index contributed by atoms with van der Waals surface area (Å²) in [5.41, 5.74) is 1.57. The molecule has 0 saturated heterocycles. The van der Waals surface area contributed by atoms with Crippen LogP contribution in [0.5, 0.6) is 0 Å². The number of hydrogen-bond acceptors (Lipinski definition) is 2. The Bertz CT molecular complexity index is 620. The van der Waals surface area contributed by atoms with Crippen molar-refractivity contribution in [3.05, 3.63) is 43.8 Å². The maximum absolute atomic E-state index is 13.1. The molecule has 0 bridgehead atoms. The van der Waals surface area contributed by atoms with Crippen LogP contribution in [0.15, 0.2) is 27.1 Å². The Kier molecular flexibility index (Phi) is 4.92. The molecule has 2 rings (SSSR count). The Balaban J connectivity index is 2.56. The predicted molar refractivity (Wildman–Crippen MR) is 81.8 cm³/mol. The Morgan fingerprint density at radius 2 is 2.00 bits per heavy atom. The van der Waals surface area contributed by atoms with E-state index in [1.54, 1.807) is 6.07 Å². The normalized spacial score (nSPS) is 10.8. The monoisotopic (exact) mass is 406 g/mol. The van der Waals surface area contributed by atoms with Crippen molar-refractivity contribution in [2.24, 2.45) is 0 Å². The van der Waals surface area contributed by atoms with Gasteiger partial charge in [-0.15, -0.1) is 0 Å². The molecule has 0 N–H and O–H groups in total. The molecule has 1 heterocycles. The first-order valence-corrected chi connectivity index (χ1v) is 7.66. The standard InChI is InChI=1S/C13H10Br2ClFN2/c1-2-3-10-11(15)12(16)19-13(18-10)8-5-4-7(17)6-9(8)14/h4-6H,2-3H2,1H3. The van der Waals surface area contributed by atoms with E-state index in [0.717, 1.165) is 23.0 Å². The second-order valence-corrected chi connectivity index (χ2v) is 5.98. The van der Waals surface area contributed by atoms with Gasteiger partial charge < -0.3 is 0 Å². The quantitative estimate of drug-likeness (QED) is 0.635. The molecule has 0 unspecified atom stereocenters. The zero-order valence-electron chi connectivity index (χ0n) is 10.1. The van der Waals surface area contributed by atoms with Gasteiger partial charge in [0, 0.05) is 10.0 Å². The van der Waals surface area contributed by atoms with Gasteiger partial charge in [0.2, 0.25) is 0 Å². The van der Waals surface area contributed by atoms with Crippen molar-refractivity contribution in [2.75, 3.05) is 0 Å². The van der Waals surface area contributed by atoms with E-state index in [9.17, 15) is 4.39 Å². The van der Waals surface area contributed by atoms with Crippen molar-refractivity contribution in [2.45, 2.75) is 19.8 Å². The van der Waals surface area contributed by atoms with Gasteiger partial charge in [-0.1, -0.05) is 24.9 Å². The van der Waals surface area contributed by atoms with Crippen molar-refractivity contribution >= 4 is 43.5 Å². The molecular weight excluding hydrogens is 398 g/mol. The molecule has 1 aromatic carbocycles. The average molecular weight is 408 g/mol. The van der Waals surface area contributed by atoms with Crippen LogP contribution in [0.1, 0.15) is 19.0 Å². The third kappa shape index (κ3) is 3.33. The predicted octanol–water partition coefficient (Wildman–Crippen LogP) is 5.41. The number of nitrogens with zero attached hydrogens (tertiary/aromatic N) is 2. The van der Waals surface area contributed by atoms with E-state index in [1.807, 2.05) is 0 Å². The van der Waals surface area contributed by atoms with Gasteiger partial charge in [-0.3, -0.25) is 0 Å². The lowest BCUT2D eigenvalue weighted by atomic mass is 10.2. The number of halogens is 4. The molecule has 0 saturated carbocycles. The van der Waals surface area contributed by atoms with Crippen molar-refractivity contribution in [1.82, 2.24) is 9.97 Å². The van der Waals surface area contributed by atoms with Crippen LogP contribution < -0.4 is 0 Å². The number of hydrogen-bond donors (Lipinski definition) is 0. The lowest BCUT2D eigenvalue weighted by Crippen LogP contribution is -1.99. The van der Waals surface area contributed by atoms with Gasteiger partial charge in [-0.2, -0.15) is 0 Å². The minimum atomic E-state index is -0.312. The van der Waals surface area contributed by atoms with Gasteiger partial charge in [0.05, 0.1) is 10.2 Å². The van der Waals surface area contributed by atoms with Crippen LogP contribution >= 0.6 is 43.5 Å². The van der Waals surface area contributed by atoms with Crippen molar-refractivity contribution in [3.63, 3.8) is 0 Å². The second-order valence-electron chi connectivity index (χ2n) is 3.97. The maximum Gasteiger partial charge on any atom is 0.162 e. The average Bonchev–Trinajstić information content (AvgIpc) is 2.35. The van der Waals surface area contributed by atoms with Gasteiger partial charge in [-0.05, 0) is 56.5 Å². The third-order valence-electron chi connectivity index (χ3n) is 2.54. The highest BCUT2D eigenvalue weighted by atomic mass is 79.9. The second kappa shape index (κ2) is 6.29. The molecule has 0 spiro atoms. The molecule has 0 aliphatic carbocycles. The minimum absolute atomic E-state index is 0.312. The van der Waals surface area contributed by atoms with E-state index >= 15 is 0 Å². The van der Waals surface area contributed by atoms with Crippen LogP contribution in [-0.4, -0.2) is 9.97 Å². The largest absolute Gasteiger partial charge is 0.232 e. The fourth-order valence-electron chi connectivity index (χ4n) is 1.66. The Hall–Kier alpha value is -0.520. The molecule has 1 aromatic heterocycles. The Morgan fingerprint density at radius 1 is 1.26 bits per heavy atom. The topological polar surface area (TPSA) is 25.8 Å². The first kappa shape index (κ1) is 14.9. The Labute approximate surface area is 132 Å². The van der Waals surface area contributed by atoms with Crippen LogP contribution in [0.25, 0.3) is 11.4 Å². The summed E-state index contributed by atoms with van der Waals surface area (Å²) in [6, 6.07) is 4.39. The van der Waals surface area contributed by atoms with Crippen LogP contribution in [0.2, 0.25) is 5.15 Å². The fourth-order valence-corrected chi connectivity index (χ4v) is 2.75. The summed E-state index contributed by atoms with van der Waals surface area (Å²) in [4.78, 5) is 8.72. The molecule has 0 amide bonds. The highest BCUT2D eigenvalue weighted by Gasteiger charge is 2.13. The highest BCUT2D eigenvalue weighted by Crippen LogP contribution is 2.31. The van der Waals surface area contributed by atoms with Gasteiger partial charge in [0.25, 0.3) is 0 Å². The van der Waals surface area contributed by atoms with Crippen molar-refractivity contribution < 1.29 is 4.39 Å². The molecule has 100 valence electrons. The van der Waals surface area contributed by atoms with Gasteiger partial charge >= 0.3 is 0 Å². The number of benzene rings is 1. The number of aromatic nitrogens is 2. The summed E-state index contributed by atoms with van der Waals surface area (Å²) in [5, 5.41) is 0.365. The molecule has 19 heavy (non-hydrogen) atoms. The zero-order valence-corrected chi connectivity index (χ0v) is 14.0. The van der Waals surface area contributed by atoms with E-state index in [1.165, 1.54) is 12.1 Å². The van der Waals surface area contributed by atoms with Gasteiger partial charge in [-0.25, -0.2) is 14.4 Å². The smallest absolute Gasteiger partial charge is 0.162 e. The highest BCUT2D eigenvalue weighted by molar-refractivity contribution is 9.11. The van der Waals surface area contributed by atoms with Crippen LogP contribution in [0.3, 0.4) is 0 Å². The molecule has 2 nitrogen and oxygen atoms in total. The summed E-state index contributed by atoms with van der Waals surface area (Å²) in [6.45, 7) is 2.07. The molecule has 0 fully saturated rings. The molecule has 0 radical (unpaired) electrons. The van der Waals surface area contributed by atoms with Crippen LogP contribution in [-0.2, 0) is 6.42 Å². The van der Waals surface area contributed by atoms with E-state index in [0.29, 0.717) is 21.0 Å². The van der Waals surface area contributed by atoms with Crippen LogP contribution in [0.4, 0.5) is 4.39 Å². The lowest BCUT2D eigenvalue weighted by molar-refractivity contribution is 0.627. The Morgan fingerprint density at radius 3 is 2.63 bits per heavy atom. The van der Waals surface area contributed by atoms with E-state index < -0.39 is 0 Å². The van der Waals surface area contributed by atoms with Crippen molar-refractivity contribution in [3.8, 4) is 11.4 Å². The molecule has 0 aliphatic heterocycles. The maximum atomic E-state index is 13.1.